The molecule has 0 amide bonds. The van der Waals surface area contributed by atoms with Crippen LogP contribution in [0, 0.1) is 0 Å². The molecule has 0 saturated carbocycles. The fourth-order valence-electron chi connectivity index (χ4n) is 0. The minimum Gasteiger partial charge on any atom is -1.00 e. The van der Waals surface area contributed by atoms with Crippen molar-refractivity contribution in [2.24, 2.45) is 0 Å². The van der Waals surface area contributed by atoms with E-state index in [0.717, 1.165) is 0 Å². The van der Waals surface area contributed by atoms with Crippen LogP contribution in [0.5, 0.6) is 0 Å². The predicted molar refractivity (Wildman–Crippen MR) is 23.2 cm³/mol. The summed E-state index contributed by atoms with van der Waals surface area (Å²) in [4.78, 5) is 8.56. The standard InChI is InChI=1S/CH2O3.BrH.2K.2H/c2-1(3)4;;;;;/h(H2,2,3,4);1H;;;;/q;;2*+1;2*-1. The monoisotopic (exact) mass is 222 g/mol. The van der Waals surface area contributed by atoms with Gasteiger partial charge >= 0.3 is 109 Å². The fourth-order valence-corrected chi connectivity index (χ4v) is 0. The van der Waals surface area contributed by atoms with E-state index < -0.39 is 6.16 Å². The van der Waals surface area contributed by atoms with Crippen LogP contribution < -0.4 is 103 Å². The van der Waals surface area contributed by atoms with Crippen molar-refractivity contribution in [3.8, 4) is 0 Å². The molecule has 0 atom stereocenters. The number of hydrogen-bond donors (Lipinski definition) is 2. The van der Waals surface area contributed by atoms with Crippen molar-refractivity contribution in [3.05, 3.63) is 0 Å². The van der Waals surface area contributed by atoms with Gasteiger partial charge in [0, 0.05) is 0 Å². The molecule has 0 spiro atoms. The van der Waals surface area contributed by atoms with Gasteiger partial charge in [0.1, 0.15) is 0 Å². The molecule has 0 aliphatic rings. The number of rotatable bonds is 0. The Labute approximate surface area is 140 Å². The van der Waals surface area contributed by atoms with Crippen molar-refractivity contribution in [1.82, 2.24) is 0 Å². The first-order valence-electron chi connectivity index (χ1n) is 0.651. The average Bonchev–Trinajstić information content (AvgIpc) is 0.811. The van der Waals surface area contributed by atoms with Crippen molar-refractivity contribution >= 4 is 23.1 Å². The number of halogens is 1. The van der Waals surface area contributed by atoms with E-state index in [1.807, 2.05) is 0 Å². The van der Waals surface area contributed by atoms with Gasteiger partial charge in [0.15, 0.2) is 0 Å². The van der Waals surface area contributed by atoms with E-state index in [4.69, 9.17) is 15.0 Å². The number of hydrogen-bond acceptors (Lipinski definition) is 1. The Kier molecular flexibility index (Phi) is 51.4. The molecular formula is CH5BrK2O3. The van der Waals surface area contributed by atoms with Gasteiger partial charge in [-0.25, -0.2) is 4.79 Å². The normalized spacial score (nSPS) is 3.43. The second-order valence-corrected chi connectivity index (χ2v) is 0.283. The van der Waals surface area contributed by atoms with Gasteiger partial charge in [-0.1, -0.05) is 0 Å². The van der Waals surface area contributed by atoms with E-state index in [9.17, 15) is 0 Å². The van der Waals surface area contributed by atoms with Crippen LogP contribution in [-0.4, -0.2) is 16.4 Å². The van der Waals surface area contributed by atoms with E-state index in [-0.39, 0.29) is 123 Å². The van der Waals surface area contributed by atoms with E-state index in [1.165, 1.54) is 0 Å². The second-order valence-electron chi connectivity index (χ2n) is 0.283. The van der Waals surface area contributed by atoms with Crippen LogP contribution in [0.4, 0.5) is 4.79 Å². The summed E-state index contributed by atoms with van der Waals surface area (Å²) in [5.41, 5.74) is 0. The zero-order valence-corrected chi connectivity index (χ0v) is 12.2. The number of carboxylic acid groups (broad SMARTS) is 2. The van der Waals surface area contributed by atoms with Gasteiger partial charge in [-0.2, -0.15) is 0 Å². The van der Waals surface area contributed by atoms with Crippen LogP contribution in [0.3, 0.4) is 0 Å². The van der Waals surface area contributed by atoms with Gasteiger partial charge in [0.05, 0.1) is 0 Å². The molecule has 7 heavy (non-hydrogen) atoms. The molecule has 0 radical (unpaired) electrons. The largest absolute Gasteiger partial charge is 1.00 e. The first kappa shape index (κ1) is 22.5. The first-order chi connectivity index (χ1) is 1.73. The Bertz CT molecular complexity index is 42.8. The molecule has 0 aromatic heterocycles. The molecule has 0 saturated heterocycles. The topological polar surface area (TPSA) is 57.5 Å². The van der Waals surface area contributed by atoms with Crippen LogP contribution in [0.15, 0.2) is 0 Å². The van der Waals surface area contributed by atoms with Crippen molar-refractivity contribution in [3.63, 3.8) is 0 Å². The summed E-state index contributed by atoms with van der Waals surface area (Å²) in [6.07, 6.45) is -1.83. The maximum Gasteiger partial charge on any atom is 1.00 e. The molecule has 0 aromatic rings. The van der Waals surface area contributed by atoms with Crippen molar-refractivity contribution in [2.45, 2.75) is 0 Å². The molecule has 0 aliphatic heterocycles. The molecule has 0 aliphatic carbocycles. The predicted octanol–water partition coefficient (Wildman–Crippen LogP) is -4.97. The Morgan fingerprint density at radius 1 is 1.29 bits per heavy atom. The van der Waals surface area contributed by atoms with E-state index >= 15 is 0 Å². The Morgan fingerprint density at radius 3 is 1.29 bits per heavy atom. The summed E-state index contributed by atoms with van der Waals surface area (Å²) in [5, 5.41) is 13.9. The van der Waals surface area contributed by atoms with Gasteiger partial charge in [0.25, 0.3) is 0 Å². The summed E-state index contributed by atoms with van der Waals surface area (Å²) < 4.78 is 0. The maximum atomic E-state index is 8.56. The molecule has 0 heterocycles. The molecule has 2 N–H and O–H groups in total. The third kappa shape index (κ3) is 48.7. The van der Waals surface area contributed by atoms with Gasteiger partial charge in [-0.3, -0.25) is 0 Å². The fraction of sp³-hybridized carbons (Fsp3) is 0. The Hall–Kier alpha value is 3.02. The van der Waals surface area contributed by atoms with Crippen LogP contribution in [-0.2, 0) is 0 Å². The van der Waals surface area contributed by atoms with Crippen molar-refractivity contribution in [1.29, 1.82) is 0 Å². The first-order valence-corrected chi connectivity index (χ1v) is 0.651. The molecule has 0 fully saturated rings. The smallest absolute Gasteiger partial charge is 1.00 e. The van der Waals surface area contributed by atoms with Gasteiger partial charge in [-0.15, -0.1) is 17.0 Å². The van der Waals surface area contributed by atoms with Gasteiger partial charge in [0.2, 0.25) is 0 Å². The molecule has 0 aromatic carbocycles. The van der Waals surface area contributed by atoms with Crippen LogP contribution in [0.2, 0.25) is 0 Å². The summed E-state index contributed by atoms with van der Waals surface area (Å²) in [5.74, 6) is 0. The summed E-state index contributed by atoms with van der Waals surface area (Å²) >= 11 is 0. The quantitative estimate of drug-likeness (QED) is 0.404. The second kappa shape index (κ2) is 16.0. The zero-order valence-electron chi connectivity index (χ0n) is 6.21. The number of carbonyl (C=O) groups is 1. The summed E-state index contributed by atoms with van der Waals surface area (Å²) in [7, 11) is 0. The minimum atomic E-state index is -1.83. The van der Waals surface area contributed by atoms with E-state index in [2.05, 4.69) is 0 Å². The molecule has 0 rings (SSSR count). The summed E-state index contributed by atoms with van der Waals surface area (Å²) in [6, 6.07) is 0. The van der Waals surface area contributed by atoms with Crippen molar-refractivity contribution < 1.29 is 121 Å². The van der Waals surface area contributed by atoms with E-state index in [1.54, 1.807) is 0 Å². The minimum absolute atomic E-state index is 0. The molecule has 0 bridgehead atoms. The van der Waals surface area contributed by atoms with Crippen LogP contribution in [0.1, 0.15) is 2.85 Å². The third-order valence-electron chi connectivity index (χ3n) is 0. The molecule has 0 unspecified atom stereocenters. The zero-order chi connectivity index (χ0) is 3.58. The molecule has 36 valence electrons. The van der Waals surface area contributed by atoms with Gasteiger partial charge < -0.3 is 13.1 Å². The van der Waals surface area contributed by atoms with Crippen LogP contribution >= 0.6 is 17.0 Å². The van der Waals surface area contributed by atoms with Crippen LogP contribution in [0.25, 0.3) is 0 Å². The van der Waals surface area contributed by atoms with E-state index in [0.29, 0.717) is 0 Å². The molecular weight excluding hydrogens is 218 g/mol. The molecule has 3 nitrogen and oxygen atoms in total. The van der Waals surface area contributed by atoms with Gasteiger partial charge in [-0.05, 0) is 0 Å². The van der Waals surface area contributed by atoms with Crippen molar-refractivity contribution in [2.75, 3.05) is 0 Å². The molecule has 6 heteroatoms. The third-order valence-corrected chi connectivity index (χ3v) is 0. The Morgan fingerprint density at radius 2 is 1.29 bits per heavy atom. The Balaban J connectivity index is -0.00000000450. The summed E-state index contributed by atoms with van der Waals surface area (Å²) in [6.45, 7) is 0. The SMILES string of the molecule is Br.O=C(O)O.[H-].[H-].[K+].[K+]. The average molecular weight is 223 g/mol. The maximum absolute atomic E-state index is 8.56.